The topological polar surface area (TPSA) is 20.3 Å². The molecule has 2 aliphatic rings. The molecule has 0 unspecified atom stereocenters. The van der Waals surface area contributed by atoms with Crippen molar-refractivity contribution in [3.05, 3.63) is 21.4 Å². The fraction of sp³-hybridized carbons (Fsp3) is 0.688. The quantitative estimate of drug-likeness (QED) is 0.761. The molecule has 0 atom stereocenters. The highest BCUT2D eigenvalue weighted by atomic mass is 35.5. The fourth-order valence-electron chi connectivity index (χ4n) is 3.51. The van der Waals surface area contributed by atoms with Crippen LogP contribution in [-0.2, 0) is 12.8 Å². The second-order valence-corrected chi connectivity index (χ2v) is 7.41. The van der Waals surface area contributed by atoms with Crippen molar-refractivity contribution in [2.75, 3.05) is 12.4 Å². The van der Waals surface area contributed by atoms with E-state index in [2.05, 4.69) is 6.07 Å². The molecule has 110 valence electrons. The van der Waals surface area contributed by atoms with Gasteiger partial charge in [0.2, 0.25) is 0 Å². The zero-order chi connectivity index (χ0) is 13.9. The monoisotopic (exact) mass is 311 g/mol. The molecular formula is C16H22ClNOS. The number of thiophene rings is 1. The number of carbonyl (C=O) groups is 1. The Labute approximate surface area is 130 Å². The standard InChI is InChI=1S/C16H22ClNOS/c17-9-10-18(13-6-2-1-3-7-13)16(19)15-11-12-5-4-8-14(12)20-15/h11,13H,1-10H2. The normalized spacial score (nSPS) is 19.1. The molecular weight excluding hydrogens is 290 g/mol. The largest absolute Gasteiger partial charge is 0.334 e. The Balaban J connectivity index is 1.76. The molecule has 3 rings (SSSR count). The third-order valence-corrected chi connectivity index (χ3v) is 5.95. The van der Waals surface area contributed by atoms with Gasteiger partial charge in [0.15, 0.2) is 0 Å². The molecule has 1 aromatic rings. The lowest BCUT2D eigenvalue weighted by molar-refractivity contribution is 0.0654. The molecule has 0 aromatic carbocycles. The first kappa shape index (κ1) is 14.4. The van der Waals surface area contributed by atoms with E-state index in [0.717, 1.165) is 30.6 Å². The minimum atomic E-state index is 0.219. The minimum Gasteiger partial charge on any atom is -0.334 e. The van der Waals surface area contributed by atoms with Crippen molar-refractivity contribution < 1.29 is 4.79 Å². The van der Waals surface area contributed by atoms with Gasteiger partial charge in [0, 0.05) is 23.3 Å². The number of aryl methyl sites for hydroxylation is 2. The summed E-state index contributed by atoms with van der Waals surface area (Å²) in [4.78, 5) is 17.2. The Bertz CT molecular complexity index is 457. The van der Waals surface area contributed by atoms with E-state index in [1.54, 1.807) is 11.3 Å². The molecule has 0 bridgehead atoms. The summed E-state index contributed by atoms with van der Waals surface area (Å²) in [5, 5.41) is 0. The number of hydrogen-bond acceptors (Lipinski definition) is 2. The van der Waals surface area contributed by atoms with E-state index < -0.39 is 0 Å². The van der Waals surface area contributed by atoms with Crippen LogP contribution >= 0.6 is 22.9 Å². The number of halogens is 1. The van der Waals surface area contributed by atoms with E-state index in [1.807, 2.05) is 4.90 Å². The van der Waals surface area contributed by atoms with E-state index in [0.29, 0.717) is 18.5 Å². The predicted octanol–water partition coefficient (Wildman–Crippen LogP) is 4.25. The maximum absolute atomic E-state index is 12.8. The second-order valence-electron chi connectivity index (χ2n) is 5.89. The fourth-order valence-corrected chi connectivity index (χ4v) is 4.90. The number of hydrogen-bond donors (Lipinski definition) is 0. The third-order valence-electron chi connectivity index (χ3n) is 4.56. The summed E-state index contributed by atoms with van der Waals surface area (Å²) in [5.74, 6) is 0.754. The summed E-state index contributed by atoms with van der Waals surface area (Å²) in [6, 6.07) is 2.55. The lowest BCUT2D eigenvalue weighted by Crippen LogP contribution is -2.42. The van der Waals surface area contributed by atoms with Crippen LogP contribution in [0, 0.1) is 0 Å². The van der Waals surface area contributed by atoms with Gasteiger partial charge >= 0.3 is 0 Å². The van der Waals surface area contributed by atoms with E-state index >= 15 is 0 Å². The Morgan fingerprint density at radius 2 is 2.05 bits per heavy atom. The highest BCUT2D eigenvalue weighted by Crippen LogP contribution is 2.32. The van der Waals surface area contributed by atoms with Crippen molar-refractivity contribution in [2.24, 2.45) is 0 Å². The molecule has 0 saturated heterocycles. The molecule has 0 N–H and O–H groups in total. The van der Waals surface area contributed by atoms with Gasteiger partial charge in [0.1, 0.15) is 0 Å². The zero-order valence-corrected chi connectivity index (χ0v) is 13.4. The summed E-state index contributed by atoms with van der Waals surface area (Å²) in [6.07, 6.45) is 9.66. The zero-order valence-electron chi connectivity index (χ0n) is 11.9. The molecule has 1 saturated carbocycles. The van der Waals surface area contributed by atoms with Gasteiger partial charge in [-0.25, -0.2) is 0 Å². The van der Waals surface area contributed by atoms with E-state index in [1.165, 1.54) is 36.1 Å². The lowest BCUT2D eigenvalue weighted by atomic mass is 9.94. The van der Waals surface area contributed by atoms with Crippen molar-refractivity contribution in [1.82, 2.24) is 4.90 Å². The van der Waals surface area contributed by atoms with Crippen LogP contribution in [0.1, 0.15) is 58.6 Å². The molecule has 2 aliphatic carbocycles. The van der Waals surface area contributed by atoms with Crippen molar-refractivity contribution in [1.29, 1.82) is 0 Å². The van der Waals surface area contributed by atoms with Gasteiger partial charge in [-0.15, -0.1) is 22.9 Å². The van der Waals surface area contributed by atoms with Crippen molar-refractivity contribution in [3.8, 4) is 0 Å². The first-order valence-corrected chi connectivity index (χ1v) is 9.13. The average Bonchev–Trinajstić information content (AvgIpc) is 3.06. The second kappa shape index (κ2) is 6.48. The molecule has 1 amide bonds. The molecule has 0 aliphatic heterocycles. The van der Waals surface area contributed by atoms with Crippen molar-refractivity contribution in [2.45, 2.75) is 57.4 Å². The third kappa shape index (κ3) is 2.89. The summed E-state index contributed by atoms with van der Waals surface area (Å²) < 4.78 is 0. The molecule has 1 heterocycles. The van der Waals surface area contributed by atoms with Gasteiger partial charge in [0.05, 0.1) is 4.88 Å². The SMILES string of the molecule is O=C(c1cc2c(s1)CCC2)N(CCCl)C1CCCCC1. The molecule has 2 nitrogen and oxygen atoms in total. The lowest BCUT2D eigenvalue weighted by Gasteiger charge is -2.33. The number of nitrogens with zero attached hydrogens (tertiary/aromatic N) is 1. The first-order chi connectivity index (χ1) is 9.79. The highest BCUT2D eigenvalue weighted by Gasteiger charge is 2.28. The molecule has 0 radical (unpaired) electrons. The van der Waals surface area contributed by atoms with Gasteiger partial charge in [-0.3, -0.25) is 4.79 Å². The van der Waals surface area contributed by atoms with Crippen LogP contribution in [0.3, 0.4) is 0 Å². The molecule has 0 spiro atoms. The number of rotatable bonds is 4. The number of fused-ring (bicyclic) bond motifs is 1. The van der Waals surface area contributed by atoms with Crippen LogP contribution in [0.4, 0.5) is 0 Å². The highest BCUT2D eigenvalue weighted by molar-refractivity contribution is 7.14. The maximum atomic E-state index is 12.8. The van der Waals surface area contributed by atoms with Crippen LogP contribution in [0.25, 0.3) is 0 Å². The number of alkyl halides is 1. The average molecular weight is 312 g/mol. The van der Waals surface area contributed by atoms with E-state index in [4.69, 9.17) is 11.6 Å². The first-order valence-electron chi connectivity index (χ1n) is 7.78. The summed E-state index contributed by atoms with van der Waals surface area (Å²) >= 11 is 7.65. The molecule has 4 heteroatoms. The Kier molecular flexibility index (Phi) is 4.67. The summed E-state index contributed by atoms with van der Waals surface area (Å²) in [6.45, 7) is 0.688. The molecule has 20 heavy (non-hydrogen) atoms. The maximum Gasteiger partial charge on any atom is 0.264 e. The number of amides is 1. The van der Waals surface area contributed by atoms with Gasteiger partial charge < -0.3 is 4.90 Å². The summed E-state index contributed by atoms with van der Waals surface area (Å²) in [5.41, 5.74) is 1.41. The minimum absolute atomic E-state index is 0.219. The van der Waals surface area contributed by atoms with Gasteiger partial charge in [0.25, 0.3) is 5.91 Å². The van der Waals surface area contributed by atoms with Crippen LogP contribution in [0.2, 0.25) is 0 Å². The summed E-state index contributed by atoms with van der Waals surface area (Å²) in [7, 11) is 0. The number of carbonyl (C=O) groups excluding carboxylic acids is 1. The Hall–Kier alpha value is -0.540. The van der Waals surface area contributed by atoms with Crippen LogP contribution in [0.5, 0.6) is 0 Å². The van der Waals surface area contributed by atoms with Gasteiger partial charge in [-0.2, -0.15) is 0 Å². The van der Waals surface area contributed by atoms with E-state index in [-0.39, 0.29) is 5.91 Å². The van der Waals surface area contributed by atoms with Crippen molar-refractivity contribution >= 4 is 28.8 Å². The molecule has 1 aromatic heterocycles. The molecule has 1 fully saturated rings. The Morgan fingerprint density at radius 1 is 1.25 bits per heavy atom. The van der Waals surface area contributed by atoms with Crippen molar-refractivity contribution in [3.63, 3.8) is 0 Å². The van der Waals surface area contributed by atoms with Gasteiger partial charge in [-0.1, -0.05) is 19.3 Å². The van der Waals surface area contributed by atoms with Crippen LogP contribution in [-0.4, -0.2) is 29.3 Å². The van der Waals surface area contributed by atoms with E-state index in [9.17, 15) is 4.79 Å². The van der Waals surface area contributed by atoms with Gasteiger partial charge in [-0.05, 0) is 43.7 Å². The van der Waals surface area contributed by atoms with Crippen LogP contribution < -0.4 is 0 Å². The predicted molar refractivity (Wildman–Crippen MR) is 85.0 cm³/mol. The van der Waals surface area contributed by atoms with Crippen LogP contribution in [0.15, 0.2) is 6.07 Å². The smallest absolute Gasteiger partial charge is 0.264 e. The Morgan fingerprint density at radius 3 is 2.75 bits per heavy atom.